The average molecular weight is 420 g/mol. The third-order valence-corrected chi connectivity index (χ3v) is 7.48. The van der Waals surface area contributed by atoms with E-state index in [2.05, 4.69) is 24.1 Å². The lowest BCUT2D eigenvalue weighted by Gasteiger charge is -2.56. The monoisotopic (exact) mass is 418 g/mol. The second kappa shape index (κ2) is 6.90. The molecule has 3 aliphatic heterocycles. The van der Waals surface area contributed by atoms with Gasteiger partial charge in [-0.3, -0.25) is 9.69 Å². The fraction of sp³-hybridized carbons (Fsp3) is 0.500. The molecule has 1 N–H and O–H groups in total. The largest absolute Gasteiger partial charge is 0.346 e. The summed E-state index contributed by atoms with van der Waals surface area (Å²) in [5, 5.41) is 5.32. The number of halogens is 3. The second-order valence-electron chi connectivity index (χ2n) is 7.34. The molecule has 2 bridgehead atoms. The van der Waals surface area contributed by atoms with E-state index in [0.717, 1.165) is 28.1 Å². The van der Waals surface area contributed by atoms with Crippen LogP contribution in [0.1, 0.15) is 36.4 Å². The van der Waals surface area contributed by atoms with Gasteiger partial charge in [-0.2, -0.15) is 0 Å². The molecule has 1 atom stereocenters. The maximum absolute atomic E-state index is 12.8. The first-order valence-electron chi connectivity index (χ1n) is 8.31. The number of carbonyl (C=O) groups is 1. The lowest BCUT2D eigenvalue weighted by atomic mass is 9.72. The Bertz CT molecular complexity index is 773. The molecule has 2 aromatic rings. The van der Waals surface area contributed by atoms with E-state index >= 15 is 0 Å². The molecule has 0 aliphatic carbocycles. The van der Waals surface area contributed by atoms with E-state index in [1.807, 2.05) is 18.2 Å². The summed E-state index contributed by atoms with van der Waals surface area (Å²) in [6.07, 6.45) is 2.35. The van der Waals surface area contributed by atoms with E-state index in [0.29, 0.717) is 16.0 Å². The van der Waals surface area contributed by atoms with Gasteiger partial charge in [-0.15, -0.1) is 23.7 Å². The standard InChI is InChI=1S/C18H20Cl2N2OS.ClH/c1-18(2)16(10-3-5-22(18)6-4-10)21-17(23)15-8-11-7-12(19)13(20)9-14(11)24-15;/h7-10,16H,3-6H2,1-2H3,(H,21,23);1H. The van der Waals surface area contributed by atoms with Crippen molar-refractivity contribution >= 4 is 62.9 Å². The minimum absolute atomic E-state index is 0. The first-order valence-corrected chi connectivity index (χ1v) is 9.88. The molecule has 3 aliphatic rings. The smallest absolute Gasteiger partial charge is 0.261 e. The van der Waals surface area contributed by atoms with Crippen LogP contribution in [0.5, 0.6) is 0 Å². The molecule has 136 valence electrons. The van der Waals surface area contributed by atoms with Crippen LogP contribution >= 0.6 is 46.9 Å². The molecule has 7 heteroatoms. The summed E-state index contributed by atoms with van der Waals surface area (Å²) in [6.45, 7) is 6.77. The first kappa shape index (κ1) is 19.2. The van der Waals surface area contributed by atoms with Gasteiger partial charge in [0.05, 0.1) is 14.9 Å². The SMILES string of the molecule is CC1(C)C(NC(=O)c2cc3cc(Cl)c(Cl)cc3s2)C2CCN1CC2.Cl. The van der Waals surface area contributed by atoms with Crippen LogP contribution in [-0.4, -0.2) is 35.5 Å². The van der Waals surface area contributed by atoms with Crippen LogP contribution in [0.2, 0.25) is 10.0 Å². The highest BCUT2D eigenvalue weighted by molar-refractivity contribution is 7.20. The Balaban J connectivity index is 0.00000182. The molecule has 4 heterocycles. The number of benzene rings is 1. The molecule has 3 saturated heterocycles. The van der Waals surface area contributed by atoms with Crippen LogP contribution < -0.4 is 5.32 Å². The molecular weight excluding hydrogens is 399 g/mol. The van der Waals surface area contributed by atoms with E-state index in [1.54, 1.807) is 0 Å². The number of carbonyl (C=O) groups excluding carboxylic acids is 1. The van der Waals surface area contributed by atoms with Crippen molar-refractivity contribution in [2.24, 2.45) is 5.92 Å². The Labute approximate surface area is 168 Å². The van der Waals surface area contributed by atoms with Gasteiger partial charge in [0, 0.05) is 16.3 Å². The average Bonchev–Trinajstić information content (AvgIpc) is 2.94. The van der Waals surface area contributed by atoms with Crippen LogP contribution in [-0.2, 0) is 0 Å². The number of hydrogen-bond donors (Lipinski definition) is 1. The molecule has 5 rings (SSSR count). The third kappa shape index (κ3) is 3.28. The zero-order valence-corrected chi connectivity index (χ0v) is 17.3. The number of nitrogens with zero attached hydrogens (tertiary/aromatic N) is 1. The van der Waals surface area contributed by atoms with Gasteiger partial charge in [-0.05, 0) is 69.3 Å². The van der Waals surface area contributed by atoms with Crippen molar-refractivity contribution in [3.8, 4) is 0 Å². The maximum Gasteiger partial charge on any atom is 0.261 e. The van der Waals surface area contributed by atoms with Crippen molar-refractivity contribution in [1.29, 1.82) is 0 Å². The minimum atomic E-state index is 0. The van der Waals surface area contributed by atoms with Crippen LogP contribution in [0.25, 0.3) is 10.1 Å². The zero-order chi connectivity index (χ0) is 17.1. The fourth-order valence-corrected chi connectivity index (χ4v) is 5.62. The highest BCUT2D eigenvalue weighted by atomic mass is 35.5. The molecule has 0 spiro atoms. The molecule has 1 aromatic heterocycles. The van der Waals surface area contributed by atoms with Crippen LogP contribution in [0.4, 0.5) is 0 Å². The topological polar surface area (TPSA) is 32.3 Å². The minimum Gasteiger partial charge on any atom is -0.346 e. The summed E-state index contributed by atoms with van der Waals surface area (Å²) in [5.74, 6) is 0.586. The molecule has 1 aromatic carbocycles. The van der Waals surface area contributed by atoms with Crippen LogP contribution in [0.15, 0.2) is 18.2 Å². The lowest BCUT2D eigenvalue weighted by Crippen LogP contribution is -2.69. The van der Waals surface area contributed by atoms with E-state index in [4.69, 9.17) is 23.2 Å². The predicted molar refractivity (Wildman–Crippen MR) is 109 cm³/mol. The maximum atomic E-state index is 12.8. The molecule has 0 saturated carbocycles. The predicted octanol–water partition coefficient (Wildman–Crippen LogP) is 5.23. The van der Waals surface area contributed by atoms with E-state index in [-0.39, 0.29) is 29.9 Å². The highest BCUT2D eigenvalue weighted by Gasteiger charge is 2.48. The number of rotatable bonds is 2. The van der Waals surface area contributed by atoms with Crippen LogP contribution in [0, 0.1) is 5.92 Å². The molecule has 1 unspecified atom stereocenters. The van der Waals surface area contributed by atoms with Gasteiger partial charge >= 0.3 is 0 Å². The van der Waals surface area contributed by atoms with Crippen LogP contribution in [0.3, 0.4) is 0 Å². The van der Waals surface area contributed by atoms with Crippen molar-refractivity contribution in [3.05, 3.63) is 33.1 Å². The van der Waals surface area contributed by atoms with Gasteiger partial charge in [0.1, 0.15) is 0 Å². The number of thiophene rings is 1. The summed E-state index contributed by atoms with van der Waals surface area (Å²) in [6, 6.07) is 5.76. The normalized spacial score (nSPS) is 27.1. The Morgan fingerprint density at radius 2 is 1.84 bits per heavy atom. The summed E-state index contributed by atoms with van der Waals surface area (Å²) in [5.41, 5.74) is 0.0140. The second-order valence-corrected chi connectivity index (χ2v) is 9.24. The Hall–Kier alpha value is -0.520. The summed E-state index contributed by atoms with van der Waals surface area (Å²) in [7, 11) is 0. The quantitative estimate of drug-likeness (QED) is 0.722. The summed E-state index contributed by atoms with van der Waals surface area (Å²) >= 11 is 13.6. The number of amides is 1. The number of nitrogens with one attached hydrogen (secondary N) is 1. The molecular formula is C18H21Cl3N2OS. The number of piperidine rings is 3. The first-order chi connectivity index (χ1) is 11.4. The molecule has 3 nitrogen and oxygen atoms in total. The third-order valence-electron chi connectivity index (χ3n) is 5.66. The Morgan fingerprint density at radius 1 is 1.20 bits per heavy atom. The molecule has 25 heavy (non-hydrogen) atoms. The zero-order valence-electron chi connectivity index (χ0n) is 14.1. The van der Waals surface area contributed by atoms with Crippen molar-refractivity contribution in [3.63, 3.8) is 0 Å². The van der Waals surface area contributed by atoms with Gasteiger partial charge < -0.3 is 5.32 Å². The van der Waals surface area contributed by atoms with Gasteiger partial charge in [0.15, 0.2) is 0 Å². The lowest BCUT2D eigenvalue weighted by molar-refractivity contribution is -0.0377. The van der Waals surface area contributed by atoms with Crippen molar-refractivity contribution < 1.29 is 4.79 Å². The Morgan fingerprint density at radius 3 is 2.48 bits per heavy atom. The van der Waals surface area contributed by atoms with Crippen molar-refractivity contribution in [2.45, 2.75) is 38.3 Å². The highest BCUT2D eigenvalue weighted by Crippen LogP contribution is 2.39. The van der Waals surface area contributed by atoms with E-state index < -0.39 is 0 Å². The number of fused-ring (bicyclic) bond motifs is 4. The van der Waals surface area contributed by atoms with Gasteiger partial charge in [-0.1, -0.05) is 23.2 Å². The summed E-state index contributed by atoms with van der Waals surface area (Å²) in [4.78, 5) is 16.1. The number of hydrogen-bond acceptors (Lipinski definition) is 3. The Kier molecular flexibility index (Phi) is 5.31. The van der Waals surface area contributed by atoms with E-state index in [9.17, 15) is 4.79 Å². The molecule has 1 amide bonds. The van der Waals surface area contributed by atoms with E-state index in [1.165, 1.54) is 24.2 Å². The van der Waals surface area contributed by atoms with Gasteiger partial charge in [0.25, 0.3) is 5.91 Å². The molecule has 0 radical (unpaired) electrons. The van der Waals surface area contributed by atoms with Crippen molar-refractivity contribution in [2.75, 3.05) is 13.1 Å². The van der Waals surface area contributed by atoms with Gasteiger partial charge in [-0.25, -0.2) is 0 Å². The fourth-order valence-electron chi connectivity index (χ4n) is 4.24. The molecule has 3 fully saturated rings. The summed E-state index contributed by atoms with van der Waals surface area (Å²) < 4.78 is 0.989. The van der Waals surface area contributed by atoms with Crippen molar-refractivity contribution in [1.82, 2.24) is 10.2 Å². The van der Waals surface area contributed by atoms with Gasteiger partial charge in [0.2, 0.25) is 0 Å².